The fourth-order valence-electron chi connectivity index (χ4n) is 3.22. The van der Waals surface area contributed by atoms with Crippen LogP contribution in [0.15, 0.2) is 72.9 Å². The van der Waals surface area contributed by atoms with Crippen molar-refractivity contribution in [3.63, 3.8) is 0 Å². The maximum atomic E-state index is 12.5. The average Bonchev–Trinajstić information content (AvgIpc) is 2.82. The standard InChI is InChI=1S/C26H26N6O2/c1-4-34-25-14-7-19(16-27-25)26(33)32-22-12-10-21(11-13-22)31-24-15-23(28-18(3)29-24)30-20-8-5-17(2)6-9-20/h5-16H,4H2,1-3H3,(H,32,33)(H2,28,29,30,31). The van der Waals surface area contributed by atoms with Gasteiger partial charge in [-0.05, 0) is 63.2 Å². The van der Waals surface area contributed by atoms with Crippen LogP contribution in [-0.2, 0) is 0 Å². The monoisotopic (exact) mass is 454 g/mol. The van der Waals surface area contributed by atoms with Crippen molar-refractivity contribution < 1.29 is 9.53 Å². The molecule has 2 aromatic carbocycles. The Hall–Kier alpha value is -4.46. The highest BCUT2D eigenvalue weighted by Crippen LogP contribution is 2.22. The lowest BCUT2D eigenvalue weighted by Gasteiger charge is -2.11. The van der Waals surface area contributed by atoms with E-state index in [1.807, 2.05) is 68.4 Å². The van der Waals surface area contributed by atoms with Crippen molar-refractivity contribution in [1.29, 1.82) is 0 Å². The van der Waals surface area contributed by atoms with E-state index in [-0.39, 0.29) is 5.91 Å². The minimum absolute atomic E-state index is 0.241. The first-order valence-electron chi connectivity index (χ1n) is 10.9. The summed E-state index contributed by atoms with van der Waals surface area (Å²) in [7, 11) is 0. The molecule has 0 unspecified atom stereocenters. The highest BCUT2D eigenvalue weighted by atomic mass is 16.5. The van der Waals surface area contributed by atoms with Crippen LogP contribution in [0.1, 0.15) is 28.7 Å². The normalized spacial score (nSPS) is 10.4. The van der Waals surface area contributed by atoms with Gasteiger partial charge in [0.15, 0.2) is 0 Å². The summed E-state index contributed by atoms with van der Waals surface area (Å²) in [4.78, 5) is 25.5. The molecule has 0 saturated heterocycles. The van der Waals surface area contributed by atoms with E-state index in [4.69, 9.17) is 4.74 Å². The lowest BCUT2D eigenvalue weighted by molar-refractivity contribution is 0.102. The molecule has 1 amide bonds. The second-order valence-corrected chi connectivity index (χ2v) is 7.65. The molecule has 0 aliphatic carbocycles. The fourth-order valence-corrected chi connectivity index (χ4v) is 3.22. The number of aromatic nitrogens is 3. The number of hydrogen-bond acceptors (Lipinski definition) is 7. The van der Waals surface area contributed by atoms with Crippen LogP contribution >= 0.6 is 0 Å². The SMILES string of the molecule is CCOc1ccc(C(=O)Nc2ccc(Nc3cc(Nc4ccc(C)cc4)nc(C)n3)cc2)cn1. The van der Waals surface area contributed by atoms with Crippen LogP contribution in [-0.4, -0.2) is 27.5 Å². The first-order chi connectivity index (χ1) is 16.5. The molecule has 0 radical (unpaired) electrons. The van der Waals surface area contributed by atoms with Gasteiger partial charge in [-0.25, -0.2) is 15.0 Å². The molecule has 2 heterocycles. The maximum absolute atomic E-state index is 12.5. The first-order valence-corrected chi connectivity index (χ1v) is 10.9. The third kappa shape index (κ3) is 6.07. The average molecular weight is 455 g/mol. The number of ether oxygens (including phenoxy) is 1. The Morgan fingerprint density at radius 2 is 1.41 bits per heavy atom. The van der Waals surface area contributed by atoms with Crippen molar-refractivity contribution in [3.05, 3.63) is 89.9 Å². The fraction of sp³-hybridized carbons (Fsp3) is 0.154. The summed E-state index contributed by atoms with van der Waals surface area (Å²) in [5.74, 6) is 2.26. The zero-order valence-corrected chi connectivity index (χ0v) is 19.3. The molecule has 0 atom stereocenters. The second-order valence-electron chi connectivity index (χ2n) is 7.65. The van der Waals surface area contributed by atoms with E-state index < -0.39 is 0 Å². The van der Waals surface area contributed by atoms with E-state index in [0.29, 0.717) is 41.2 Å². The predicted octanol–water partition coefficient (Wildman–Crippen LogP) is 5.63. The summed E-state index contributed by atoms with van der Waals surface area (Å²) in [6.07, 6.45) is 1.50. The lowest BCUT2D eigenvalue weighted by Crippen LogP contribution is -2.12. The number of anilines is 5. The third-order valence-electron chi connectivity index (χ3n) is 4.87. The number of pyridine rings is 1. The highest BCUT2D eigenvalue weighted by molar-refractivity contribution is 6.04. The largest absolute Gasteiger partial charge is 0.478 e. The van der Waals surface area contributed by atoms with Gasteiger partial charge in [-0.2, -0.15) is 0 Å². The van der Waals surface area contributed by atoms with Crippen LogP contribution in [0.2, 0.25) is 0 Å². The number of nitrogens with one attached hydrogen (secondary N) is 3. The van der Waals surface area contributed by atoms with Crippen LogP contribution in [0.3, 0.4) is 0 Å². The quantitative estimate of drug-likeness (QED) is 0.317. The van der Waals surface area contributed by atoms with Gasteiger partial charge in [0.25, 0.3) is 5.91 Å². The minimum Gasteiger partial charge on any atom is -0.478 e. The van der Waals surface area contributed by atoms with E-state index in [9.17, 15) is 4.79 Å². The van der Waals surface area contributed by atoms with Crippen molar-refractivity contribution in [2.75, 3.05) is 22.6 Å². The Morgan fingerprint density at radius 1 is 0.824 bits per heavy atom. The van der Waals surface area contributed by atoms with E-state index >= 15 is 0 Å². The topological polar surface area (TPSA) is 101 Å². The van der Waals surface area contributed by atoms with Crippen LogP contribution in [0.25, 0.3) is 0 Å². The third-order valence-corrected chi connectivity index (χ3v) is 4.87. The zero-order valence-electron chi connectivity index (χ0n) is 19.3. The Kier molecular flexibility index (Phi) is 6.98. The van der Waals surface area contributed by atoms with Crippen molar-refractivity contribution in [2.24, 2.45) is 0 Å². The van der Waals surface area contributed by atoms with Gasteiger partial charge in [-0.1, -0.05) is 17.7 Å². The molecule has 0 aliphatic rings. The molecule has 172 valence electrons. The molecular formula is C26H26N6O2. The maximum Gasteiger partial charge on any atom is 0.257 e. The van der Waals surface area contributed by atoms with Crippen molar-refractivity contribution in [2.45, 2.75) is 20.8 Å². The Balaban J connectivity index is 1.39. The zero-order chi connectivity index (χ0) is 23.9. The number of carbonyl (C=O) groups is 1. The van der Waals surface area contributed by atoms with Crippen molar-refractivity contribution in [3.8, 4) is 5.88 Å². The van der Waals surface area contributed by atoms with Gasteiger partial charge < -0.3 is 20.7 Å². The summed E-state index contributed by atoms with van der Waals surface area (Å²) in [6, 6.07) is 20.7. The molecule has 4 rings (SSSR count). The Morgan fingerprint density at radius 3 is 1.97 bits per heavy atom. The summed E-state index contributed by atoms with van der Waals surface area (Å²) in [5, 5.41) is 9.45. The van der Waals surface area contributed by atoms with Crippen LogP contribution < -0.4 is 20.7 Å². The highest BCUT2D eigenvalue weighted by Gasteiger charge is 2.08. The number of carbonyl (C=O) groups excluding carboxylic acids is 1. The van der Waals surface area contributed by atoms with Gasteiger partial charge in [0.1, 0.15) is 17.5 Å². The molecule has 34 heavy (non-hydrogen) atoms. The Bertz CT molecular complexity index is 1260. The number of aryl methyl sites for hydroxylation is 2. The number of rotatable bonds is 8. The second kappa shape index (κ2) is 10.4. The van der Waals surface area contributed by atoms with Gasteiger partial charge in [0.05, 0.1) is 12.2 Å². The molecule has 0 aliphatic heterocycles. The number of hydrogen-bond donors (Lipinski definition) is 3. The van der Waals surface area contributed by atoms with E-state index in [1.165, 1.54) is 11.8 Å². The summed E-state index contributed by atoms with van der Waals surface area (Å²) in [6.45, 7) is 6.31. The predicted molar refractivity (Wildman–Crippen MR) is 134 cm³/mol. The molecular weight excluding hydrogens is 428 g/mol. The molecule has 2 aromatic heterocycles. The van der Waals surface area contributed by atoms with Crippen LogP contribution in [0.4, 0.5) is 28.7 Å². The molecule has 0 fully saturated rings. The Labute approximate surface area is 198 Å². The van der Waals surface area contributed by atoms with Gasteiger partial charge >= 0.3 is 0 Å². The van der Waals surface area contributed by atoms with Crippen LogP contribution in [0.5, 0.6) is 5.88 Å². The minimum atomic E-state index is -0.241. The first kappa shape index (κ1) is 22.7. The number of benzene rings is 2. The number of nitrogens with zero attached hydrogens (tertiary/aromatic N) is 3. The van der Waals surface area contributed by atoms with Gasteiger partial charge in [-0.3, -0.25) is 4.79 Å². The summed E-state index contributed by atoms with van der Waals surface area (Å²) in [5.41, 5.74) is 4.11. The summed E-state index contributed by atoms with van der Waals surface area (Å²) < 4.78 is 5.31. The van der Waals surface area contributed by atoms with Gasteiger partial charge in [0.2, 0.25) is 5.88 Å². The van der Waals surface area contributed by atoms with Crippen molar-refractivity contribution in [1.82, 2.24) is 15.0 Å². The van der Waals surface area contributed by atoms with Gasteiger partial charge in [0, 0.05) is 35.4 Å². The van der Waals surface area contributed by atoms with Crippen molar-refractivity contribution >= 4 is 34.6 Å². The van der Waals surface area contributed by atoms with E-state index in [2.05, 4.69) is 37.8 Å². The molecule has 8 nitrogen and oxygen atoms in total. The van der Waals surface area contributed by atoms with Gasteiger partial charge in [-0.15, -0.1) is 0 Å². The molecule has 3 N–H and O–H groups in total. The molecule has 0 saturated carbocycles. The molecule has 0 bridgehead atoms. The molecule has 8 heteroatoms. The van der Waals surface area contributed by atoms with Crippen LogP contribution in [0, 0.1) is 13.8 Å². The van der Waals surface area contributed by atoms with E-state index in [0.717, 1.165) is 11.4 Å². The molecule has 4 aromatic rings. The lowest BCUT2D eigenvalue weighted by atomic mass is 10.2. The smallest absolute Gasteiger partial charge is 0.257 e. The van der Waals surface area contributed by atoms with E-state index in [1.54, 1.807) is 12.1 Å². The summed E-state index contributed by atoms with van der Waals surface area (Å²) >= 11 is 0. The molecule has 0 spiro atoms. The number of amides is 1.